The highest BCUT2D eigenvalue weighted by molar-refractivity contribution is 9.10. The molecule has 0 spiro atoms. The van der Waals surface area contributed by atoms with Gasteiger partial charge in [0.2, 0.25) is 5.91 Å². The molecule has 1 N–H and O–H groups in total. The number of benzene rings is 2. The number of ether oxygens (including phenoxy) is 1. The van der Waals surface area contributed by atoms with Gasteiger partial charge in [0.05, 0.1) is 5.75 Å². The lowest BCUT2D eigenvalue weighted by atomic mass is 10.1. The van der Waals surface area contributed by atoms with Crippen molar-refractivity contribution in [1.29, 1.82) is 0 Å². The van der Waals surface area contributed by atoms with Gasteiger partial charge in [-0.25, -0.2) is 0 Å². The summed E-state index contributed by atoms with van der Waals surface area (Å²) in [6, 6.07) is 12.0. The third-order valence-electron chi connectivity index (χ3n) is 4.97. The molecule has 0 fully saturated rings. The van der Waals surface area contributed by atoms with E-state index >= 15 is 0 Å². The van der Waals surface area contributed by atoms with E-state index in [0.29, 0.717) is 11.0 Å². The van der Waals surface area contributed by atoms with Crippen LogP contribution in [0.5, 0.6) is 5.75 Å². The van der Waals surface area contributed by atoms with Crippen molar-refractivity contribution in [3.8, 4) is 5.75 Å². The molecule has 0 aliphatic carbocycles. The summed E-state index contributed by atoms with van der Waals surface area (Å²) in [5, 5.41) is 12.2. The van der Waals surface area contributed by atoms with Crippen LogP contribution in [0.1, 0.15) is 42.5 Å². The van der Waals surface area contributed by atoms with Gasteiger partial charge in [0.1, 0.15) is 5.75 Å². The second kappa shape index (κ2) is 10.3. The molecular weight excluding hydrogens is 476 g/mol. The topological polar surface area (TPSA) is 69.0 Å². The third-order valence-corrected chi connectivity index (χ3v) is 6.45. The first-order chi connectivity index (χ1) is 14.8. The first-order valence-corrected chi connectivity index (χ1v) is 11.9. The van der Waals surface area contributed by atoms with Gasteiger partial charge < -0.3 is 14.6 Å². The molecule has 0 aliphatic heterocycles. The molecule has 3 aromatic rings. The SMILES string of the molecule is CCc1ccc(O[C@@H](C)c2nnc(SCC(=O)Nc3c(C)cc(Br)cc3C)n2C)cc1. The zero-order valence-corrected chi connectivity index (χ0v) is 20.8. The lowest BCUT2D eigenvalue weighted by Crippen LogP contribution is -2.16. The molecule has 164 valence electrons. The van der Waals surface area contributed by atoms with Gasteiger partial charge in [-0.3, -0.25) is 4.79 Å². The van der Waals surface area contributed by atoms with Crippen molar-refractivity contribution >= 4 is 39.3 Å². The van der Waals surface area contributed by atoms with Crippen LogP contribution in [-0.4, -0.2) is 26.4 Å². The van der Waals surface area contributed by atoms with E-state index < -0.39 is 0 Å². The molecule has 1 aromatic heterocycles. The zero-order valence-electron chi connectivity index (χ0n) is 18.4. The van der Waals surface area contributed by atoms with Gasteiger partial charge in [0.15, 0.2) is 17.1 Å². The first kappa shape index (κ1) is 23.3. The fourth-order valence-corrected chi connectivity index (χ4v) is 4.68. The predicted octanol–water partition coefficient (Wildman–Crippen LogP) is 5.63. The van der Waals surface area contributed by atoms with Crippen molar-refractivity contribution in [1.82, 2.24) is 14.8 Å². The number of rotatable bonds is 8. The summed E-state index contributed by atoms with van der Waals surface area (Å²) in [5.74, 6) is 1.67. The van der Waals surface area contributed by atoms with Crippen molar-refractivity contribution in [2.75, 3.05) is 11.1 Å². The molecular formula is C23H27BrN4O2S. The minimum absolute atomic E-state index is 0.0802. The maximum absolute atomic E-state index is 12.5. The average molecular weight is 503 g/mol. The molecule has 0 aliphatic rings. The van der Waals surface area contributed by atoms with Gasteiger partial charge in [0, 0.05) is 17.2 Å². The molecule has 31 heavy (non-hydrogen) atoms. The van der Waals surface area contributed by atoms with Crippen molar-refractivity contribution < 1.29 is 9.53 Å². The monoisotopic (exact) mass is 502 g/mol. The largest absolute Gasteiger partial charge is 0.483 e. The maximum atomic E-state index is 12.5. The lowest BCUT2D eigenvalue weighted by molar-refractivity contribution is -0.113. The number of amides is 1. The van der Waals surface area contributed by atoms with E-state index in [1.54, 1.807) is 0 Å². The van der Waals surface area contributed by atoms with Crippen LogP contribution in [0.25, 0.3) is 0 Å². The van der Waals surface area contributed by atoms with E-state index in [9.17, 15) is 4.79 Å². The number of nitrogens with zero attached hydrogens (tertiary/aromatic N) is 3. The summed E-state index contributed by atoms with van der Waals surface area (Å²) < 4.78 is 8.89. The molecule has 1 atom stereocenters. The fraction of sp³-hybridized carbons (Fsp3) is 0.348. The number of hydrogen-bond donors (Lipinski definition) is 1. The normalized spacial score (nSPS) is 11.9. The number of hydrogen-bond acceptors (Lipinski definition) is 5. The van der Waals surface area contributed by atoms with Crippen molar-refractivity contribution in [2.45, 2.75) is 45.4 Å². The number of thioether (sulfide) groups is 1. The Morgan fingerprint density at radius 1 is 1.19 bits per heavy atom. The van der Waals surface area contributed by atoms with Gasteiger partial charge in [0.25, 0.3) is 0 Å². The van der Waals surface area contributed by atoms with Gasteiger partial charge in [-0.05, 0) is 68.1 Å². The van der Waals surface area contributed by atoms with Crippen LogP contribution in [0.15, 0.2) is 46.0 Å². The van der Waals surface area contributed by atoms with Crippen LogP contribution in [0.4, 0.5) is 5.69 Å². The molecule has 3 rings (SSSR count). The molecule has 0 bridgehead atoms. The fourth-order valence-electron chi connectivity index (χ4n) is 3.28. The predicted molar refractivity (Wildman–Crippen MR) is 129 cm³/mol. The molecule has 6 nitrogen and oxygen atoms in total. The van der Waals surface area contributed by atoms with Crippen molar-refractivity contribution in [2.24, 2.45) is 7.05 Å². The molecule has 1 amide bonds. The molecule has 0 saturated heterocycles. The average Bonchev–Trinajstić information content (AvgIpc) is 3.10. The Morgan fingerprint density at radius 2 is 1.84 bits per heavy atom. The molecule has 0 radical (unpaired) electrons. The van der Waals surface area contributed by atoms with E-state index in [2.05, 4.69) is 50.5 Å². The summed E-state index contributed by atoms with van der Waals surface area (Å²) in [6.07, 6.45) is 0.732. The van der Waals surface area contributed by atoms with E-state index in [1.807, 2.05) is 56.7 Å². The number of nitrogens with one attached hydrogen (secondary N) is 1. The van der Waals surface area contributed by atoms with E-state index in [1.165, 1.54) is 17.3 Å². The number of carbonyl (C=O) groups is 1. The number of carbonyl (C=O) groups excluding carboxylic acids is 1. The van der Waals surface area contributed by atoms with E-state index in [-0.39, 0.29) is 17.8 Å². The van der Waals surface area contributed by atoms with Crippen LogP contribution in [-0.2, 0) is 18.3 Å². The molecule has 0 saturated carbocycles. The Morgan fingerprint density at radius 3 is 2.45 bits per heavy atom. The summed E-state index contributed by atoms with van der Waals surface area (Å²) >= 11 is 4.83. The van der Waals surface area contributed by atoms with Crippen LogP contribution in [0.2, 0.25) is 0 Å². The highest BCUT2D eigenvalue weighted by atomic mass is 79.9. The van der Waals surface area contributed by atoms with E-state index in [0.717, 1.165) is 33.5 Å². The van der Waals surface area contributed by atoms with Crippen LogP contribution < -0.4 is 10.1 Å². The number of anilines is 1. The molecule has 8 heteroatoms. The Labute approximate surface area is 195 Å². The quantitative estimate of drug-likeness (QED) is 0.404. The van der Waals surface area contributed by atoms with Crippen LogP contribution in [0, 0.1) is 13.8 Å². The second-order valence-electron chi connectivity index (χ2n) is 7.41. The standard InChI is InChI=1S/C23H27BrN4O2S/c1-6-17-7-9-19(10-8-17)30-16(4)22-26-27-23(28(22)5)31-13-20(29)25-21-14(2)11-18(24)12-15(21)3/h7-12,16H,6,13H2,1-5H3,(H,25,29)/t16-/m0/s1. The summed E-state index contributed by atoms with van der Waals surface area (Å²) in [6.45, 7) is 8.02. The first-order valence-electron chi connectivity index (χ1n) is 10.1. The zero-order chi connectivity index (χ0) is 22.5. The highest BCUT2D eigenvalue weighted by Crippen LogP contribution is 2.27. The molecule has 2 aromatic carbocycles. The minimum atomic E-state index is -0.263. The highest BCUT2D eigenvalue weighted by Gasteiger charge is 2.18. The number of aromatic nitrogens is 3. The van der Waals surface area contributed by atoms with Crippen LogP contribution in [0.3, 0.4) is 0 Å². The lowest BCUT2D eigenvalue weighted by Gasteiger charge is -2.14. The summed E-state index contributed by atoms with van der Waals surface area (Å²) in [5.41, 5.74) is 4.15. The molecule has 1 heterocycles. The summed E-state index contributed by atoms with van der Waals surface area (Å²) in [4.78, 5) is 12.5. The van der Waals surface area contributed by atoms with E-state index in [4.69, 9.17) is 4.74 Å². The minimum Gasteiger partial charge on any atom is -0.483 e. The second-order valence-corrected chi connectivity index (χ2v) is 9.27. The Kier molecular flexibility index (Phi) is 7.78. The van der Waals surface area contributed by atoms with Crippen molar-refractivity contribution in [3.63, 3.8) is 0 Å². The number of aryl methyl sites for hydroxylation is 3. The van der Waals surface area contributed by atoms with Gasteiger partial charge >= 0.3 is 0 Å². The van der Waals surface area contributed by atoms with Gasteiger partial charge in [-0.1, -0.05) is 46.7 Å². The molecule has 0 unspecified atom stereocenters. The maximum Gasteiger partial charge on any atom is 0.234 e. The smallest absolute Gasteiger partial charge is 0.234 e. The van der Waals surface area contributed by atoms with Gasteiger partial charge in [-0.15, -0.1) is 10.2 Å². The number of halogens is 1. The third kappa shape index (κ3) is 5.89. The van der Waals surface area contributed by atoms with Gasteiger partial charge in [-0.2, -0.15) is 0 Å². The Bertz CT molecular complexity index is 1040. The Balaban J connectivity index is 1.60. The van der Waals surface area contributed by atoms with Crippen molar-refractivity contribution in [3.05, 3.63) is 63.4 Å². The summed E-state index contributed by atoms with van der Waals surface area (Å²) in [7, 11) is 1.89. The Hall–Kier alpha value is -2.32. The van der Waals surface area contributed by atoms with Crippen LogP contribution >= 0.6 is 27.7 Å².